The molecule has 0 spiro atoms. The summed E-state index contributed by atoms with van der Waals surface area (Å²) in [5, 5.41) is 0. The lowest BCUT2D eigenvalue weighted by molar-refractivity contribution is 0.0979. The number of aliphatic imine (C=N–C) groups is 1. The van der Waals surface area contributed by atoms with Crippen molar-refractivity contribution in [2.24, 2.45) is 4.99 Å². The van der Waals surface area contributed by atoms with Gasteiger partial charge in [-0.2, -0.15) is 0 Å². The lowest BCUT2D eigenvalue weighted by Gasteiger charge is -2.11. The Morgan fingerprint density at radius 3 is 2.48 bits per heavy atom. The molecular weight excluding hydrogens is 258 g/mol. The normalized spacial score (nSPS) is 11.7. The zero-order chi connectivity index (χ0) is 15.7. The van der Waals surface area contributed by atoms with Crippen LogP contribution in [0.1, 0.15) is 83.1 Å². The van der Waals surface area contributed by atoms with Crippen molar-refractivity contribution in [3.8, 4) is 0 Å². The van der Waals surface area contributed by atoms with Crippen LogP contribution in [0.25, 0.3) is 0 Å². The molecule has 0 bridgehead atoms. The second kappa shape index (κ2) is 9.49. The average molecular weight is 291 g/mol. The first kappa shape index (κ1) is 17.6. The van der Waals surface area contributed by atoms with Crippen LogP contribution in [0.4, 0.5) is 0 Å². The van der Waals surface area contributed by atoms with E-state index >= 15 is 0 Å². The number of carbonyl (C=O) groups is 1. The Labute approximate surface area is 132 Å². The van der Waals surface area contributed by atoms with E-state index in [0.717, 1.165) is 35.2 Å². The van der Waals surface area contributed by atoms with Crippen LogP contribution in [-0.4, -0.2) is 18.5 Å². The second-order valence-electron chi connectivity index (χ2n) is 5.75. The number of benzene rings is 1. The maximum absolute atomic E-state index is 12.5. The molecule has 2 heteroatoms. The molecule has 120 valence electrons. The van der Waals surface area contributed by atoms with Crippen molar-refractivity contribution in [3.05, 3.63) is 34.9 Å². The smallest absolute Gasteiger partial charge is 0.163 e. The van der Waals surface area contributed by atoms with Gasteiger partial charge in [0.25, 0.3) is 0 Å². The third kappa shape index (κ3) is 5.45. The van der Waals surface area contributed by atoms with E-state index in [0.29, 0.717) is 6.42 Å². The molecule has 0 aromatic heterocycles. The van der Waals surface area contributed by atoms with Crippen LogP contribution in [-0.2, 0) is 0 Å². The molecule has 0 aliphatic carbocycles. The number of nitrogens with zero attached hydrogens (tertiary/aromatic N) is 1. The minimum absolute atomic E-state index is 0. The lowest BCUT2D eigenvalue weighted by atomic mass is 9.93. The zero-order valence-electron chi connectivity index (χ0n) is 14.0. The summed E-state index contributed by atoms with van der Waals surface area (Å²) in [5.41, 5.74) is 3.94. The quantitative estimate of drug-likeness (QED) is 0.318. The molecule has 0 fully saturated rings. The highest BCUT2D eigenvalue weighted by molar-refractivity contribution is 6.10. The van der Waals surface area contributed by atoms with Gasteiger partial charge in [-0.25, -0.2) is 0 Å². The highest BCUT2D eigenvalue weighted by Gasteiger charge is 2.14. The van der Waals surface area contributed by atoms with E-state index in [1.54, 1.807) is 7.05 Å². The fourth-order valence-electron chi connectivity index (χ4n) is 2.69. The van der Waals surface area contributed by atoms with Crippen LogP contribution < -0.4 is 0 Å². The summed E-state index contributed by atoms with van der Waals surface area (Å²) in [4.78, 5) is 16.7. The largest absolute Gasteiger partial charge is 0.294 e. The minimum atomic E-state index is 0. The van der Waals surface area contributed by atoms with E-state index < -0.39 is 0 Å². The molecule has 0 heterocycles. The van der Waals surface area contributed by atoms with Crippen molar-refractivity contribution in [3.63, 3.8) is 0 Å². The molecule has 1 rings (SSSR count). The number of carbonyl (C=O) groups excluding carboxylic acids is 1. The first-order valence-electron chi connectivity index (χ1n) is 8.18. The first-order chi connectivity index (χ1) is 10.1. The maximum atomic E-state index is 12.5. The van der Waals surface area contributed by atoms with Crippen LogP contribution >= 0.6 is 0 Å². The topological polar surface area (TPSA) is 29.4 Å². The number of Topliss-reactive ketones (excluding diaryl/α,β-unsaturated/α-hetero) is 1. The summed E-state index contributed by atoms with van der Waals surface area (Å²) in [5.74, 6) is 0.257. The van der Waals surface area contributed by atoms with E-state index in [1.165, 1.54) is 25.7 Å². The molecule has 0 aliphatic heterocycles. The van der Waals surface area contributed by atoms with Gasteiger partial charge < -0.3 is 0 Å². The van der Waals surface area contributed by atoms with E-state index in [-0.39, 0.29) is 8.64 Å². The predicted molar refractivity (Wildman–Crippen MR) is 95.9 cm³/mol. The number of rotatable bonds is 9. The van der Waals surface area contributed by atoms with Crippen molar-refractivity contribution in [1.29, 1.82) is 0 Å². The number of unbranched alkanes of at least 4 members (excludes halogenated alkanes) is 5. The standard InChI is InChI=1S/C19H29NO.2H2/c1-5-6-7-8-9-10-14-18(21)17-13-11-12-15(2)19(17)16(3)20-4;;/h11-13H,5-10,14H2,1-4H3;2*1H. The first-order valence-corrected chi connectivity index (χ1v) is 8.18. The Morgan fingerprint density at radius 2 is 1.81 bits per heavy atom. The third-order valence-electron chi connectivity index (χ3n) is 4.03. The molecular formula is C19H33NO. The van der Waals surface area contributed by atoms with Crippen molar-refractivity contribution < 1.29 is 7.65 Å². The fraction of sp³-hybridized carbons (Fsp3) is 0.579. The van der Waals surface area contributed by atoms with E-state index in [9.17, 15) is 4.79 Å². The monoisotopic (exact) mass is 291 g/mol. The SMILES string of the molecule is CCCCCCCCC(=O)c1cccc(C)c1C(C)=NC.[HH].[HH]. The zero-order valence-corrected chi connectivity index (χ0v) is 14.0. The van der Waals surface area contributed by atoms with Gasteiger partial charge in [-0.15, -0.1) is 0 Å². The van der Waals surface area contributed by atoms with Crippen LogP contribution in [0.15, 0.2) is 23.2 Å². The van der Waals surface area contributed by atoms with Crippen LogP contribution in [0.2, 0.25) is 0 Å². The summed E-state index contributed by atoms with van der Waals surface area (Å²) in [6.45, 7) is 6.25. The van der Waals surface area contributed by atoms with Gasteiger partial charge in [-0.05, 0) is 25.8 Å². The molecule has 1 aromatic rings. The van der Waals surface area contributed by atoms with Gasteiger partial charge in [0.2, 0.25) is 0 Å². The third-order valence-corrected chi connectivity index (χ3v) is 4.03. The molecule has 21 heavy (non-hydrogen) atoms. The summed E-state index contributed by atoms with van der Waals surface area (Å²) in [7, 11) is 1.78. The van der Waals surface area contributed by atoms with Crippen LogP contribution in [0.5, 0.6) is 0 Å². The van der Waals surface area contributed by atoms with Crippen LogP contribution in [0, 0.1) is 6.92 Å². The summed E-state index contributed by atoms with van der Waals surface area (Å²) in [6, 6.07) is 5.96. The Hall–Kier alpha value is -1.44. The minimum Gasteiger partial charge on any atom is -0.294 e. The van der Waals surface area contributed by atoms with Crippen molar-refractivity contribution in [2.75, 3.05) is 7.05 Å². The maximum Gasteiger partial charge on any atom is 0.163 e. The Morgan fingerprint density at radius 1 is 1.14 bits per heavy atom. The fourth-order valence-corrected chi connectivity index (χ4v) is 2.69. The molecule has 0 aliphatic rings. The Kier molecular flexibility index (Phi) is 7.96. The van der Waals surface area contributed by atoms with E-state index in [2.05, 4.69) is 11.9 Å². The molecule has 0 saturated carbocycles. The molecule has 0 N–H and O–H groups in total. The van der Waals surface area contributed by atoms with Crippen LogP contribution in [0.3, 0.4) is 0 Å². The van der Waals surface area contributed by atoms with Gasteiger partial charge in [0.05, 0.1) is 0 Å². The second-order valence-corrected chi connectivity index (χ2v) is 5.75. The number of hydrogen-bond acceptors (Lipinski definition) is 2. The van der Waals surface area contributed by atoms with Gasteiger partial charge in [0.15, 0.2) is 5.78 Å². The number of ketones is 1. The molecule has 0 unspecified atom stereocenters. The van der Waals surface area contributed by atoms with Gasteiger partial charge in [-0.3, -0.25) is 9.79 Å². The van der Waals surface area contributed by atoms with Gasteiger partial charge in [-0.1, -0.05) is 57.2 Å². The van der Waals surface area contributed by atoms with Gasteiger partial charge in [0.1, 0.15) is 0 Å². The molecule has 0 radical (unpaired) electrons. The molecule has 1 aromatic carbocycles. The highest BCUT2D eigenvalue weighted by atomic mass is 16.1. The van der Waals surface area contributed by atoms with Crippen molar-refractivity contribution in [2.45, 2.75) is 65.7 Å². The van der Waals surface area contributed by atoms with E-state index in [4.69, 9.17) is 0 Å². The molecule has 0 saturated heterocycles. The van der Waals surface area contributed by atoms with Gasteiger partial charge in [0, 0.05) is 33.2 Å². The summed E-state index contributed by atoms with van der Waals surface area (Å²) in [6.07, 6.45) is 7.92. The molecule has 2 nitrogen and oxygen atoms in total. The number of aryl methyl sites for hydroxylation is 1. The van der Waals surface area contributed by atoms with E-state index in [1.807, 2.05) is 32.0 Å². The molecule has 0 atom stereocenters. The summed E-state index contributed by atoms with van der Waals surface area (Å²) < 4.78 is 0. The lowest BCUT2D eigenvalue weighted by Crippen LogP contribution is -2.09. The Balaban J connectivity index is 0. The van der Waals surface area contributed by atoms with Gasteiger partial charge >= 0.3 is 0 Å². The Bertz CT molecular complexity index is 498. The summed E-state index contributed by atoms with van der Waals surface area (Å²) >= 11 is 0. The number of hydrogen-bond donors (Lipinski definition) is 0. The van der Waals surface area contributed by atoms with Crippen molar-refractivity contribution in [1.82, 2.24) is 0 Å². The predicted octanol–water partition coefficient (Wildman–Crippen LogP) is 5.86. The average Bonchev–Trinajstić information content (AvgIpc) is 2.49. The molecule has 0 amide bonds. The highest BCUT2D eigenvalue weighted by Crippen LogP contribution is 2.19. The van der Waals surface area contributed by atoms with Crippen molar-refractivity contribution >= 4 is 11.5 Å².